The van der Waals surface area contributed by atoms with Gasteiger partial charge in [0.15, 0.2) is 0 Å². The van der Waals surface area contributed by atoms with Crippen LogP contribution in [0.25, 0.3) is 21.5 Å². The van der Waals surface area contributed by atoms with E-state index in [1.807, 2.05) is 0 Å². The van der Waals surface area contributed by atoms with Crippen LogP contribution in [0.1, 0.15) is 11.1 Å². The quantitative estimate of drug-likeness (QED) is 0.224. The zero-order chi connectivity index (χ0) is 18.0. The van der Waals surface area contributed by atoms with Crippen molar-refractivity contribution in [2.24, 2.45) is 0 Å². The van der Waals surface area contributed by atoms with E-state index in [4.69, 9.17) is 0 Å². The molecule has 0 nitrogen and oxygen atoms in total. The summed E-state index contributed by atoms with van der Waals surface area (Å²) in [7, 11) is -1.63. The Morgan fingerprint density at radius 3 is 2.12 bits per heavy atom. The molecule has 0 N–H and O–H groups in total. The second kappa shape index (κ2) is 6.82. The maximum Gasteiger partial charge on any atom is 0.137 e. The van der Waals surface area contributed by atoms with Crippen molar-refractivity contribution in [3.63, 3.8) is 0 Å². The van der Waals surface area contributed by atoms with Gasteiger partial charge in [0.1, 0.15) is 8.07 Å². The van der Waals surface area contributed by atoms with Gasteiger partial charge in [-0.25, -0.2) is 0 Å². The second-order valence-electron chi connectivity index (χ2n) is 7.52. The standard InChI is InChI=1S/C25H22Si/c1-26(2,19-20-9-4-3-5-10-20)16-15-21-13-8-14-24-17-22-11-6-7-12-23(22)18-25(21)24/h3-14,17-18H,19H2,1-2H3. The van der Waals surface area contributed by atoms with Crippen molar-refractivity contribution in [3.8, 4) is 11.5 Å². The number of hydrogen-bond donors (Lipinski definition) is 0. The molecule has 4 aromatic rings. The molecular formula is C25H22Si. The van der Waals surface area contributed by atoms with Crippen molar-refractivity contribution in [1.82, 2.24) is 0 Å². The number of fused-ring (bicyclic) bond motifs is 2. The highest BCUT2D eigenvalue weighted by Crippen LogP contribution is 2.25. The van der Waals surface area contributed by atoms with Gasteiger partial charge in [0.05, 0.1) is 0 Å². The van der Waals surface area contributed by atoms with Gasteiger partial charge in [0.25, 0.3) is 0 Å². The van der Waals surface area contributed by atoms with Gasteiger partial charge in [-0.05, 0) is 51.4 Å². The summed E-state index contributed by atoms with van der Waals surface area (Å²) in [6.07, 6.45) is 0. The van der Waals surface area contributed by atoms with E-state index in [9.17, 15) is 0 Å². The van der Waals surface area contributed by atoms with Crippen molar-refractivity contribution in [2.45, 2.75) is 19.1 Å². The van der Waals surface area contributed by atoms with E-state index >= 15 is 0 Å². The molecule has 0 aliphatic rings. The van der Waals surface area contributed by atoms with Crippen LogP contribution in [-0.4, -0.2) is 8.07 Å². The van der Waals surface area contributed by atoms with Gasteiger partial charge in [0.2, 0.25) is 0 Å². The van der Waals surface area contributed by atoms with E-state index in [1.54, 1.807) is 0 Å². The normalized spacial score (nSPS) is 11.3. The van der Waals surface area contributed by atoms with Gasteiger partial charge in [-0.1, -0.05) is 85.7 Å². The minimum atomic E-state index is -1.63. The number of benzene rings is 4. The van der Waals surface area contributed by atoms with E-state index in [0.717, 1.165) is 11.6 Å². The zero-order valence-electron chi connectivity index (χ0n) is 15.3. The maximum atomic E-state index is 3.65. The third kappa shape index (κ3) is 3.56. The predicted octanol–water partition coefficient (Wildman–Crippen LogP) is 6.37. The summed E-state index contributed by atoms with van der Waals surface area (Å²) < 4.78 is 0. The zero-order valence-corrected chi connectivity index (χ0v) is 16.3. The highest BCUT2D eigenvalue weighted by molar-refractivity contribution is 6.84. The van der Waals surface area contributed by atoms with Crippen LogP contribution in [0.2, 0.25) is 13.1 Å². The fourth-order valence-electron chi connectivity index (χ4n) is 3.46. The molecule has 0 aliphatic carbocycles. The van der Waals surface area contributed by atoms with Crippen molar-refractivity contribution < 1.29 is 0 Å². The molecule has 0 bridgehead atoms. The monoisotopic (exact) mass is 350 g/mol. The Hall–Kier alpha value is -2.82. The first-order valence-electron chi connectivity index (χ1n) is 9.09. The van der Waals surface area contributed by atoms with Crippen LogP contribution in [-0.2, 0) is 6.04 Å². The average Bonchev–Trinajstić information content (AvgIpc) is 2.65. The fraction of sp³-hybridized carbons (Fsp3) is 0.120. The van der Waals surface area contributed by atoms with E-state index in [-0.39, 0.29) is 0 Å². The molecule has 26 heavy (non-hydrogen) atoms. The van der Waals surface area contributed by atoms with E-state index < -0.39 is 8.07 Å². The SMILES string of the molecule is C[Si](C)(C#Cc1cccc2cc3ccccc3cc12)Cc1ccccc1. The Bertz CT molecular complexity index is 1130. The van der Waals surface area contributed by atoms with Crippen LogP contribution in [0.3, 0.4) is 0 Å². The van der Waals surface area contributed by atoms with Crippen LogP contribution in [0.4, 0.5) is 0 Å². The first kappa shape index (κ1) is 16.6. The minimum Gasteiger partial charge on any atom is -0.126 e. The summed E-state index contributed by atoms with van der Waals surface area (Å²) in [6, 6.07) is 31.3. The summed E-state index contributed by atoms with van der Waals surface area (Å²) in [5.41, 5.74) is 6.18. The molecule has 126 valence electrons. The van der Waals surface area contributed by atoms with Gasteiger partial charge in [0, 0.05) is 5.56 Å². The van der Waals surface area contributed by atoms with Crippen LogP contribution < -0.4 is 0 Å². The van der Waals surface area contributed by atoms with Gasteiger partial charge < -0.3 is 0 Å². The Labute approximate surface area is 156 Å². The lowest BCUT2D eigenvalue weighted by molar-refractivity contribution is 1.33. The van der Waals surface area contributed by atoms with Gasteiger partial charge in [-0.3, -0.25) is 0 Å². The number of hydrogen-bond acceptors (Lipinski definition) is 0. The highest BCUT2D eigenvalue weighted by atomic mass is 28.3. The second-order valence-corrected chi connectivity index (χ2v) is 11.9. The highest BCUT2D eigenvalue weighted by Gasteiger charge is 2.18. The molecule has 4 aromatic carbocycles. The summed E-state index contributed by atoms with van der Waals surface area (Å²) in [5, 5.41) is 5.07. The molecule has 0 radical (unpaired) electrons. The Morgan fingerprint density at radius 1 is 0.692 bits per heavy atom. The summed E-state index contributed by atoms with van der Waals surface area (Å²) >= 11 is 0. The third-order valence-corrected chi connectivity index (χ3v) is 6.87. The maximum absolute atomic E-state index is 3.65. The molecule has 0 aromatic heterocycles. The van der Waals surface area contributed by atoms with E-state index in [0.29, 0.717) is 0 Å². The molecule has 0 aliphatic heterocycles. The van der Waals surface area contributed by atoms with Gasteiger partial charge in [-0.15, -0.1) is 5.54 Å². The van der Waals surface area contributed by atoms with E-state index in [1.165, 1.54) is 27.1 Å². The predicted molar refractivity (Wildman–Crippen MR) is 116 cm³/mol. The van der Waals surface area contributed by atoms with Gasteiger partial charge in [-0.2, -0.15) is 0 Å². The molecule has 0 atom stereocenters. The van der Waals surface area contributed by atoms with Crippen LogP contribution in [0, 0.1) is 11.5 Å². The first-order chi connectivity index (χ1) is 12.6. The Balaban J connectivity index is 1.73. The third-order valence-electron chi connectivity index (χ3n) is 4.77. The lowest BCUT2D eigenvalue weighted by Crippen LogP contribution is -2.27. The Kier molecular flexibility index (Phi) is 4.37. The Morgan fingerprint density at radius 2 is 1.35 bits per heavy atom. The summed E-state index contributed by atoms with van der Waals surface area (Å²) in [6.45, 7) is 4.71. The smallest absolute Gasteiger partial charge is 0.126 e. The van der Waals surface area contributed by atoms with Crippen LogP contribution >= 0.6 is 0 Å². The molecular weight excluding hydrogens is 328 g/mol. The molecule has 0 unspecified atom stereocenters. The first-order valence-corrected chi connectivity index (χ1v) is 12.3. The fourth-order valence-corrected chi connectivity index (χ4v) is 5.28. The topological polar surface area (TPSA) is 0 Å². The molecule has 0 heterocycles. The van der Waals surface area contributed by atoms with Crippen molar-refractivity contribution in [3.05, 3.63) is 96.1 Å². The van der Waals surface area contributed by atoms with Crippen molar-refractivity contribution in [2.75, 3.05) is 0 Å². The van der Waals surface area contributed by atoms with Gasteiger partial charge >= 0.3 is 0 Å². The molecule has 0 amide bonds. The van der Waals surface area contributed by atoms with Crippen LogP contribution in [0.5, 0.6) is 0 Å². The largest absolute Gasteiger partial charge is 0.137 e. The number of rotatable bonds is 2. The molecule has 4 rings (SSSR count). The molecule has 0 spiro atoms. The molecule has 0 saturated carbocycles. The van der Waals surface area contributed by atoms with Crippen molar-refractivity contribution in [1.29, 1.82) is 0 Å². The minimum absolute atomic E-state index is 1.09. The van der Waals surface area contributed by atoms with Crippen LogP contribution in [0.15, 0.2) is 84.9 Å². The lowest BCUT2D eigenvalue weighted by atomic mass is 10.0. The summed E-state index contributed by atoms with van der Waals surface area (Å²) in [5.74, 6) is 3.52. The molecule has 0 fully saturated rings. The van der Waals surface area contributed by atoms with E-state index in [2.05, 4.69) is 109 Å². The van der Waals surface area contributed by atoms with Crippen molar-refractivity contribution >= 4 is 29.6 Å². The lowest BCUT2D eigenvalue weighted by Gasteiger charge is -2.14. The average molecular weight is 351 g/mol. The molecule has 1 heteroatoms. The summed E-state index contributed by atoms with van der Waals surface area (Å²) in [4.78, 5) is 0. The molecule has 0 saturated heterocycles.